The molecule has 0 aliphatic heterocycles. The Morgan fingerprint density at radius 2 is 1.81 bits per heavy atom. The molecule has 2 aromatic carbocycles. The van der Waals surface area contributed by atoms with Gasteiger partial charge in [0.1, 0.15) is 0 Å². The third kappa shape index (κ3) is 5.89. The van der Waals surface area contributed by atoms with Crippen LogP contribution < -0.4 is 10.8 Å². The molecular formula is C25H18Cl2N4O5S. The molecule has 0 atom stereocenters. The molecule has 0 saturated carbocycles. The number of nitrogens with zero attached hydrogens (tertiary/aromatic N) is 2. The first kappa shape index (κ1) is 26.1. The second kappa shape index (κ2) is 11.0. The molecule has 0 fully saturated rings. The third-order valence-electron chi connectivity index (χ3n) is 5.15. The third-order valence-corrected chi connectivity index (χ3v) is 7.43. The van der Waals surface area contributed by atoms with Gasteiger partial charge in [0.05, 0.1) is 26.2 Å². The van der Waals surface area contributed by atoms with E-state index in [0.29, 0.717) is 27.5 Å². The lowest BCUT2D eigenvalue weighted by molar-refractivity contribution is -0.124. The Bertz CT molecular complexity index is 1620. The molecule has 0 bridgehead atoms. The van der Waals surface area contributed by atoms with Gasteiger partial charge in [-0.3, -0.25) is 19.8 Å². The topological polar surface area (TPSA) is 130 Å². The van der Waals surface area contributed by atoms with E-state index in [1.807, 2.05) is 6.07 Å². The summed E-state index contributed by atoms with van der Waals surface area (Å²) in [6.45, 7) is 0. The van der Waals surface area contributed by atoms with Gasteiger partial charge in [0, 0.05) is 35.9 Å². The molecule has 9 nitrogen and oxygen atoms in total. The molecule has 0 saturated heterocycles. The van der Waals surface area contributed by atoms with Gasteiger partial charge in [-0.1, -0.05) is 29.3 Å². The first-order valence-electron chi connectivity index (χ1n) is 10.6. The van der Waals surface area contributed by atoms with Crippen molar-refractivity contribution in [3.63, 3.8) is 0 Å². The number of benzene rings is 2. The van der Waals surface area contributed by atoms with Crippen LogP contribution in [0.2, 0.25) is 10.0 Å². The normalized spacial score (nSPS) is 11.4. The highest BCUT2D eigenvalue weighted by Crippen LogP contribution is 2.30. The molecule has 0 spiro atoms. The van der Waals surface area contributed by atoms with E-state index in [0.717, 1.165) is 10.0 Å². The van der Waals surface area contributed by atoms with Crippen LogP contribution >= 0.6 is 23.2 Å². The molecule has 2 aromatic heterocycles. The first-order chi connectivity index (χ1) is 17.7. The number of carbonyl (C=O) groups excluding carboxylic acids is 2. The molecule has 0 radical (unpaired) electrons. The number of halogens is 2. The van der Waals surface area contributed by atoms with Gasteiger partial charge in [-0.05, 0) is 66.2 Å². The molecule has 0 unspecified atom stereocenters. The predicted octanol–water partition coefficient (Wildman–Crippen LogP) is 4.86. The smallest absolute Gasteiger partial charge is 0.267 e. The summed E-state index contributed by atoms with van der Waals surface area (Å²) in [6.07, 6.45) is 6.57. The van der Waals surface area contributed by atoms with Crippen LogP contribution in [0.5, 0.6) is 0 Å². The van der Waals surface area contributed by atoms with Crippen LogP contribution in [0.1, 0.15) is 15.9 Å². The maximum atomic E-state index is 13.0. The average molecular weight is 557 g/mol. The molecular weight excluding hydrogens is 539 g/mol. The molecule has 188 valence electrons. The summed E-state index contributed by atoms with van der Waals surface area (Å²) in [6, 6.07) is 15.6. The van der Waals surface area contributed by atoms with Crippen molar-refractivity contribution in [3.8, 4) is 11.3 Å². The number of pyridine rings is 1. The summed E-state index contributed by atoms with van der Waals surface area (Å²) in [4.78, 5) is 28.1. The number of aromatic nitrogens is 2. The summed E-state index contributed by atoms with van der Waals surface area (Å²) in [5, 5.41) is 11.7. The van der Waals surface area contributed by atoms with Gasteiger partial charge in [-0.25, -0.2) is 17.9 Å². The number of hydrogen-bond acceptors (Lipinski definition) is 6. The standard InChI is InChI=1S/C25H18Cl2N4O5S/c26-21-8-5-17(13-20(21)23-3-1-2-11-28-23)29-25(33)19-7-6-18(14-22(19)27)37(35,36)31-12-10-16(15-31)4-9-24(32)30-34/h1-15,34H,(H,29,33)(H,30,32). The number of anilines is 1. The highest BCUT2D eigenvalue weighted by molar-refractivity contribution is 7.90. The van der Waals surface area contributed by atoms with E-state index in [1.165, 1.54) is 48.2 Å². The zero-order valence-electron chi connectivity index (χ0n) is 18.8. The fourth-order valence-corrected chi connectivity index (χ4v) is 5.11. The molecule has 37 heavy (non-hydrogen) atoms. The maximum absolute atomic E-state index is 13.0. The molecule has 2 amide bonds. The van der Waals surface area contributed by atoms with Crippen molar-refractivity contribution in [1.82, 2.24) is 14.4 Å². The number of carbonyl (C=O) groups is 2. The van der Waals surface area contributed by atoms with E-state index in [2.05, 4.69) is 10.3 Å². The number of nitrogens with one attached hydrogen (secondary N) is 2. The summed E-state index contributed by atoms with van der Waals surface area (Å²) >= 11 is 12.6. The van der Waals surface area contributed by atoms with Crippen LogP contribution in [0.25, 0.3) is 17.3 Å². The predicted molar refractivity (Wildman–Crippen MR) is 140 cm³/mol. The fourth-order valence-electron chi connectivity index (χ4n) is 3.33. The van der Waals surface area contributed by atoms with Crippen LogP contribution in [0.4, 0.5) is 5.69 Å². The van der Waals surface area contributed by atoms with Crippen molar-refractivity contribution in [2.24, 2.45) is 0 Å². The molecule has 3 N–H and O–H groups in total. The Morgan fingerprint density at radius 3 is 2.51 bits per heavy atom. The van der Waals surface area contributed by atoms with Crippen molar-refractivity contribution in [2.75, 3.05) is 5.32 Å². The monoisotopic (exact) mass is 556 g/mol. The van der Waals surface area contributed by atoms with Gasteiger partial charge < -0.3 is 5.32 Å². The molecule has 2 heterocycles. The van der Waals surface area contributed by atoms with E-state index >= 15 is 0 Å². The van der Waals surface area contributed by atoms with Gasteiger partial charge in [-0.2, -0.15) is 0 Å². The summed E-state index contributed by atoms with van der Waals surface area (Å²) < 4.78 is 27.0. The molecule has 4 rings (SSSR count). The summed E-state index contributed by atoms with van der Waals surface area (Å²) in [5.74, 6) is -1.30. The van der Waals surface area contributed by atoms with Crippen molar-refractivity contribution < 1.29 is 23.2 Å². The van der Waals surface area contributed by atoms with Crippen LogP contribution in [0.15, 0.2) is 90.2 Å². The summed E-state index contributed by atoms with van der Waals surface area (Å²) in [5.41, 5.74) is 3.63. The van der Waals surface area contributed by atoms with Gasteiger partial charge in [0.15, 0.2) is 0 Å². The van der Waals surface area contributed by atoms with E-state index in [9.17, 15) is 18.0 Å². The van der Waals surface area contributed by atoms with Crippen molar-refractivity contribution in [2.45, 2.75) is 4.90 Å². The highest BCUT2D eigenvalue weighted by atomic mass is 35.5. The second-order valence-corrected chi connectivity index (χ2v) is 10.3. The lowest BCUT2D eigenvalue weighted by Crippen LogP contribution is -2.15. The number of amides is 2. The van der Waals surface area contributed by atoms with Crippen molar-refractivity contribution >= 4 is 56.8 Å². The highest BCUT2D eigenvalue weighted by Gasteiger charge is 2.20. The second-order valence-electron chi connectivity index (χ2n) is 7.59. The lowest BCUT2D eigenvalue weighted by atomic mass is 10.1. The molecule has 12 heteroatoms. The van der Waals surface area contributed by atoms with E-state index in [1.54, 1.807) is 36.5 Å². The van der Waals surface area contributed by atoms with Crippen LogP contribution in [0, 0.1) is 0 Å². The Labute approximate surface area is 222 Å². The minimum Gasteiger partial charge on any atom is -0.322 e. The average Bonchev–Trinajstić information content (AvgIpc) is 3.39. The van der Waals surface area contributed by atoms with Crippen LogP contribution in [0.3, 0.4) is 0 Å². The van der Waals surface area contributed by atoms with Gasteiger partial charge >= 0.3 is 0 Å². The zero-order valence-corrected chi connectivity index (χ0v) is 21.1. The van der Waals surface area contributed by atoms with Crippen LogP contribution in [-0.4, -0.2) is 34.4 Å². The SMILES string of the molecule is O=C(C=Cc1ccn(S(=O)(=O)c2ccc(C(=O)Nc3ccc(Cl)c(-c4ccccn4)c3)c(Cl)c2)c1)NO. The Morgan fingerprint density at radius 1 is 1.00 bits per heavy atom. The van der Waals surface area contributed by atoms with Gasteiger partial charge in [0.2, 0.25) is 0 Å². The molecule has 0 aliphatic carbocycles. The number of hydroxylamine groups is 1. The minimum absolute atomic E-state index is 0.0654. The van der Waals surface area contributed by atoms with Crippen molar-refractivity contribution in [3.05, 3.63) is 107 Å². The minimum atomic E-state index is -4.03. The first-order valence-corrected chi connectivity index (χ1v) is 12.8. The zero-order chi connectivity index (χ0) is 26.6. The van der Waals surface area contributed by atoms with E-state index < -0.39 is 21.8 Å². The quantitative estimate of drug-likeness (QED) is 0.169. The number of hydrogen-bond donors (Lipinski definition) is 3. The van der Waals surface area contributed by atoms with Gasteiger partial charge in [-0.15, -0.1) is 0 Å². The summed E-state index contributed by atoms with van der Waals surface area (Å²) in [7, 11) is -4.03. The van der Waals surface area contributed by atoms with E-state index in [4.69, 9.17) is 28.4 Å². The van der Waals surface area contributed by atoms with Crippen molar-refractivity contribution in [1.29, 1.82) is 0 Å². The molecule has 4 aromatic rings. The van der Waals surface area contributed by atoms with Gasteiger partial charge in [0.25, 0.3) is 21.8 Å². The van der Waals surface area contributed by atoms with E-state index in [-0.39, 0.29) is 15.5 Å². The lowest BCUT2D eigenvalue weighted by Gasteiger charge is -2.11. The molecule has 0 aliphatic rings. The Hall–Kier alpha value is -3.96. The fraction of sp³-hybridized carbons (Fsp3) is 0. The largest absolute Gasteiger partial charge is 0.322 e. The number of rotatable bonds is 7. The Kier molecular flexibility index (Phi) is 7.74. The Balaban J connectivity index is 1.55. The van der Waals surface area contributed by atoms with Crippen LogP contribution in [-0.2, 0) is 14.8 Å². The maximum Gasteiger partial charge on any atom is 0.267 e.